The molecule has 4 nitrogen and oxygen atoms in total. The summed E-state index contributed by atoms with van der Waals surface area (Å²) < 4.78 is 6.90. The molecule has 5 rings (SSSR count). The molecule has 0 radical (unpaired) electrons. The fraction of sp³-hybridized carbons (Fsp3) is 0.400. The van der Waals surface area contributed by atoms with Crippen molar-refractivity contribution >= 4 is 27.3 Å². The monoisotopic (exact) mass is 420 g/mol. The minimum Gasteiger partial charge on any atom is -0.496 e. The normalized spacial score (nSPS) is 19.2. The quantitative estimate of drug-likeness (QED) is 0.601. The number of carbonyl (C=O) groups is 1. The Morgan fingerprint density at radius 2 is 1.93 bits per heavy atom. The fourth-order valence-electron chi connectivity index (χ4n) is 5.09. The van der Waals surface area contributed by atoms with E-state index < -0.39 is 0 Å². The minimum absolute atomic E-state index is 0.0936. The van der Waals surface area contributed by atoms with E-state index in [1.807, 2.05) is 6.07 Å². The van der Waals surface area contributed by atoms with Gasteiger partial charge in [0.1, 0.15) is 5.75 Å². The molecule has 1 fully saturated rings. The van der Waals surface area contributed by atoms with Crippen LogP contribution in [0, 0.1) is 0 Å². The average molecular weight is 421 g/mol. The summed E-state index contributed by atoms with van der Waals surface area (Å²) in [6.07, 6.45) is 3.83. The zero-order chi connectivity index (χ0) is 20.5. The maximum atomic E-state index is 13.6. The molecule has 2 aliphatic rings. The van der Waals surface area contributed by atoms with Gasteiger partial charge in [0, 0.05) is 23.4 Å². The predicted octanol–water partition coefficient (Wildman–Crippen LogP) is 4.67. The number of thiophene rings is 1. The molecule has 30 heavy (non-hydrogen) atoms. The number of rotatable bonds is 5. The second-order valence-corrected chi connectivity index (χ2v) is 9.26. The molecule has 1 amide bonds. The van der Waals surface area contributed by atoms with Crippen molar-refractivity contribution in [2.24, 2.45) is 0 Å². The highest BCUT2D eigenvalue weighted by atomic mass is 32.1. The molecule has 1 unspecified atom stereocenters. The number of likely N-dealkylation sites (tertiary alicyclic amines) is 1. The Labute approximate surface area is 182 Å². The molecule has 3 heterocycles. The molecule has 0 spiro atoms. The van der Waals surface area contributed by atoms with E-state index >= 15 is 0 Å². The summed E-state index contributed by atoms with van der Waals surface area (Å²) in [4.78, 5) is 18.2. The van der Waals surface area contributed by atoms with Crippen LogP contribution < -0.4 is 4.74 Å². The van der Waals surface area contributed by atoms with Crippen molar-refractivity contribution in [3.05, 3.63) is 64.5 Å². The van der Waals surface area contributed by atoms with Crippen LogP contribution in [0.1, 0.15) is 35.6 Å². The zero-order valence-electron chi connectivity index (χ0n) is 17.5. The van der Waals surface area contributed by atoms with E-state index in [4.69, 9.17) is 4.74 Å². The van der Waals surface area contributed by atoms with Crippen LogP contribution in [-0.2, 0) is 17.6 Å². The van der Waals surface area contributed by atoms with E-state index in [1.165, 1.54) is 34.1 Å². The number of methoxy groups -OCH3 is 1. The summed E-state index contributed by atoms with van der Waals surface area (Å²) >= 11 is 1.74. The lowest BCUT2D eigenvalue weighted by Gasteiger charge is -2.40. The van der Waals surface area contributed by atoms with Gasteiger partial charge in [-0.05, 0) is 72.4 Å². The van der Waals surface area contributed by atoms with Gasteiger partial charge < -0.3 is 14.5 Å². The summed E-state index contributed by atoms with van der Waals surface area (Å²) in [6.45, 7) is 3.93. The molecule has 0 N–H and O–H groups in total. The van der Waals surface area contributed by atoms with E-state index in [1.54, 1.807) is 18.4 Å². The maximum Gasteiger partial charge on any atom is 0.227 e. The molecule has 2 aliphatic heterocycles. The molecule has 1 atom stereocenters. The Morgan fingerprint density at radius 3 is 2.77 bits per heavy atom. The second kappa shape index (κ2) is 8.40. The zero-order valence-corrected chi connectivity index (χ0v) is 18.3. The molecule has 5 heteroatoms. The standard InChI is InChI=1S/C25H28N2O2S/c1-29-23-8-5-7-20-21(23)10-14-27(22(20)17-26-12-2-3-13-26)25(28)16-18-6-4-9-24-19(18)11-15-30-24/h4-9,11,15,22H,2-3,10,12-14,16-17H2,1H3. The molecule has 0 saturated carbocycles. The summed E-state index contributed by atoms with van der Waals surface area (Å²) in [7, 11) is 1.74. The summed E-state index contributed by atoms with van der Waals surface area (Å²) in [5.41, 5.74) is 3.66. The topological polar surface area (TPSA) is 32.8 Å². The van der Waals surface area contributed by atoms with Crippen LogP contribution in [0.4, 0.5) is 0 Å². The fourth-order valence-corrected chi connectivity index (χ4v) is 5.92. The van der Waals surface area contributed by atoms with Crippen LogP contribution in [0.3, 0.4) is 0 Å². The molecule has 156 valence electrons. The summed E-state index contributed by atoms with van der Waals surface area (Å²) in [6, 6.07) is 14.8. The van der Waals surface area contributed by atoms with Crippen LogP contribution >= 0.6 is 11.3 Å². The lowest BCUT2D eigenvalue weighted by Crippen LogP contribution is -2.45. The smallest absolute Gasteiger partial charge is 0.227 e. The highest BCUT2D eigenvalue weighted by Gasteiger charge is 2.34. The largest absolute Gasteiger partial charge is 0.496 e. The number of carbonyl (C=O) groups excluding carboxylic acids is 1. The first kappa shape index (κ1) is 19.6. The van der Waals surface area contributed by atoms with Crippen LogP contribution in [0.25, 0.3) is 10.1 Å². The van der Waals surface area contributed by atoms with Crippen LogP contribution in [0.2, 0.25) is 0 Å². The predicted molar refractivity (Wildman–Crippen MR) is 122 cm³/mol. The number of hydrogen-bond acceptors (Lipinski definition) is 4. The van der Waals surface area contributed by atoms with Gasteiger partial charge in [0.2, 0.25) is 5.91 Å². The van der Waals surface area contributed by atoms with Gasteiger partial charge in [0.15, 0.2) is 0 Å². The third-order valence-corrected chi connectivity index (χ3v) is 7.49. The average Bonchev–Trinajstić information content (AvgIpc) is 3.46. The van der Waals surface area contributed by atoms with Gasteiger partial charge in [-0.25, -0.2) is 0 Å². The van der Waals surface area contributed by atoms with Gasteiger partial charge in [0.25, 0.3) is 0 Å². The third kappa shape index (κ3) is 3.61. The van der Waals surface area contributed by atoms with Crippen molar-refractivity contribution in [2.45, 2.75) is 31.7 Å². The van der Waals surface area contributed by atoms with Crippen molar-refractivity contribution in [3.8, 4) is 5.75 Å². The van der Waals surface area contributed by atoms with E-state index in [0.717, 1.165) is 43.9 Å². The highest BCUT2D eigenvalue weighted by molar-refractivity contribution is 7.17. The number of ether oxygens (including phenoxy) is 1. The molecular formula is C25H28N2O2S. The van der Waals surface area contributed by atoms with Crippen molar-refractivity contribution in [2.75, 3.05) is 33.3 Å². The molecule has 1 saturated heterocycles. The Kier molecular flexibility index (Phi) is 5.48. The number of hydrogen-bond donors (Lipinski definition) is 0. The molecule has 0 aliphatic carbocycles. The lowest BCUT2D eigenvalue weighted by atomic mass is 9.90. The lowest BCUT2D eigenvalue weighted by molar-refractivity contribution is -0.133. The molecule has 2 aromatic carbocycles. The number of fused-ring (bicyclic) bond motifs is 2. The van der Waals surface area contributed by atoms with Crippen LogP contribution in [0.5, 0.6) is 5.75 Å². The number of amides is 1. The van der Waals surface area contributed by atoms with Crippen LogP contribution in [0.15, 0.2) is 47.8 Å². The van der Waals surface area contributed by atoms with E-state index in [0.29, 0.717) is 6.42 Å². The minimum atomic E-state index is 0.0936. The Morgan fingerprint density at radius 1 is 1.10 bits per heavy atom. The van der Waals surface area contributed by atoms with Gasteiger partial charge in [-0.3, -0.25) is 4.79 Å². The Bertz CT molecular complexity index is 1050. The van der Waals surface area contributed by atoms with Crippen molar-refractivity contribution < 1.29 is 9.53 Å². The van der Waals surface area contributed by atoms with Gasteiger partial charge in [-0.15, -0.1) is 11.3 Å². The van der Waals surface area contributed by atoms with Gasteiger partial charge in [-0.2, -0.15) is 0 Å². The molecular weight excluding hydrogens is 392 g/mol. The third-order valence-electron chi connectivity index (χ3n) is 6.61. The summed E-state index contributed by atoms with van der Waals surface area (Å²) in [5, 5.41) is 3.32. The molecule has 0 bridgehead atoms. The Balaban J connectivity index is 1.46. The van der Waals surface area contributed by atoms with E-state index in [2.05, 4.69) is 51.6 Å². The SMILES string of the molecule is COc1cccc2c1CCN(C(=O)Cc1cccc3sccc13)C2CN1CCCC1. The maximum absolute atomic E-state index is 13.6. The van der Waals surface area contributed by atoms with Crippen molar-refractivity contribution in [3.63, 3.8) is 0 Å². The number of nitrogens with zero attached hydrogens (tertiary/aromatic N) is 2. The first-order chi connectivity index (χ1) is 14.7. The van der Waals surface area contributed by atoms with E-state index in [-0.39, 0.29) is 11.9 Å². The first-order valence-electron chi connectivity index (χ1n) is 10.9. The van der Waals surface area contributed by atoms with Crippen LogP contribution in [-0.4, -0.2) is 49.0 Å². The second-order valence-electron chi connectivity index (χ2n) is 8.32. The van der Waals surface area contributed by atoms with Crippen molar-refractivity contribution in [1.29, 1.82) is 0 Å². The number of benzene rings is 2. The Hall–Kier alpha value is -2.37. The van der Waals surface area contributed by atoms with E-state index in [9.17, 15) is 4.79 Å². The molecule has 3 aromatic rings. The highest BCUT2D eigenvalue weighted by Crippen LogP contribution is 2.36. The van der Waals surface area contributed by atoms with Gasteiger partial charge >= 0.3 is 0 Å². The van der Waals surface area contributed by atoms with Gasteiger partial charge in [0.05, 0.1) is 19.6 Å². The molecule has 1 aromatic heterocycles. The van der Waals surface area contributed by atoms with Gasteiger partial charge in [-0.1, -0.05) is 24.3 Å². The summed E-state index contributed by atoms with van der Waals surface area (Å²) in [5.74, 6) is 1.18. The first-order valence-corrected chi connectivity index (χ1v) is 11.8. The van der Waals surface area contributed by atoms with Crippen molar-refractivity contribution in [1.82, 2.24) is 9.80 Å².